The molecule has 1 aromatic rings. The van der Waals surface area contributed by atoms with E-state index in [1.165, 1.54) is 32.4 Å². The highest BCUT2D eigenvalue weighted by atomic mass is 127. The lowest BCUT2D eigenvalue weighted by Gasteiger charge is -2.26. The van der Waals surface area contributed by atoms with Gasteiger partial charge in [-0.3, -0.25) is 4.79 Å². The lowest BCUT2D eigenvalue weighted by Crippen LogP contribution is -2.33. The van der Waals surface area contributed by atoms with Crippen LogP contribution in [0, 0.1) is 3.57 Å². The Balaban J connectivity index is 1.64. The van der Waals surface area contributed by atoms with E-state index in [9.17, 15) is 4.79 Å². The SMILES string of the molecule is O=C(NCCCN1CCCCC1)c1ccc(I)cc1. The minimum absolute atomic E-state index is 0.0371. The molecule has 0 saturated carbocycles. The second kappa shape index (κ2) is 7.85. The van der Waals surface area contributed by atoms with Crippen molar-refractivity contribution in [2.75, 3.05) is 26.2 Å². The number of rotatable bonds is 5. The van der Waals surface area contributed by atoms with Crippen LogP contribution in [0.15, 0.2) is 24.3 Å². The molecule has 0 aliphatic carbocycles. The molecule has 1 amide bonds. The molecule has 2 rings (SSSR count). The zero-order valence-corrected chi connectivity index (χ0v) is 13.4. The third kappa shape index (κ3) is 5.10. The fourth-order valence-corrected chi connectivity index (χ4v) is 2.75. The highest BCUT2D eigenvalue weighted by Crippen LogP contribution is 2.09. The van der Waals surface area contributed by atoms with Crippen LogP contribution < -0.4 is 5.32 Å². The number of carbonyl (C=O) groups excluding carboxylic acids is 1. The van der Waals surface area contributed by atoms with Crippen molar-refractivity contribution in [1.82, 2.24) is 10.2 Å². The minimum Gasteiger partial charge on any atom is -0.352 e. The predicted molar refractivity (Wildman–Crippen MR) is 86.4 cm³/mol. The van der Waals surface area contributed by atoms with Crippen LogP contribution in [-0.4, -0.2) is 37.0 Å². The molecular formula is C15H21IN2O. The van der Waals surface area contributed by atoms with Crippen LogP contribution >= 0.6 is 22.6 Å². The van der Waals surface area contributed by atoms with Crippen LogP contribution in [-0.2, 0) is 0 Å². The highest BCUT2D eigenvalue weighted by molar-refractivity contribution is 14.1. The van der Waals surface area contributed by atoms with E-state index in [1.54, 1.807) is 0 Å². The Hall–Kier alpha value is -0.620. The van der Waals surface area contributed by atoms with Gasteiger partial charge in [0.1, 0.15) is 0 Å². The van der Waals surface area contributed by atoms with E-state index in [-0.39, 0.29) is 5.91 Å². The van der Waals surface area contributed by atoms with Crippen molar-refractivity contribution in [3.05, 3.63) is 33.4 Å². The molecular weight excluding hydrogens is 351 g/mol. The van der Waals surface area contributed by atoms with Gasteiger partial charge in [0.25, 0.3) is 5.91 Å². The lowest BCUT2D eigenvalue weighted by molar-refractivity contribution is 0.0951. The van der Waals surface area contributed by atoms with E-state index in [1.807, 2.05) is 24.3 Å². The highest BCUT2D eigenvalue weighted by Gasteiger charge is 2.09. The zero-order chi connectivity index (χ0) is 13.5. The van der Waals surface area contributed by atoms with Gasteiger partial charge in [0.05, 0.1) is 0 Å². The maximum atomic E-state index is 11.9. The van der Waals surface area contributed by atoms with Crippen LogP contribution in [0.1, 0.15) is 36.0 Å². The second-order valence-electron chi connectivity index (χ2n) is 5.02. The van der Waals surface area contributed by atoms with Gasteiger partial charge in [-0.2, -0.15) is 0 Å². The van der Waals surface area contributed by atoms with Gasteiger partial charge in [0, 0.05) is 15.7 Å². The van der Waals surface area contributed by atoms with Crippen molar-refractivity contribution in [1.29, 1.82) is 0 Å². The van der Waals surface area contributed by atoms with Crippen molar-refractivity contribution >= 4 is 28.5 Å². The summed E-state index contributed by atoms with van der Waals surface area (Å²) in [5.74, 6) is 0.0371. The number of piperidine rings is 1. The number of carbonyl (C=O) groups is 1. The number of likely N-dealkylation sites (tertiary alicyclic amines) is 1. The third-order valence-electron chi connectivity index (χ3n) is 3.49. The summed E-state index contributed by atoms with van der Waals surface area (Å²) >= 11 is 2.24. The first-order valence-electron chi connectivity index (χ1n) is 7.02. The number of hydrogen-bond acceptors (Lipinski definition) is 2. The Labute approximate surface area is 128 Å². The Kier molecular flexibility index (Phi) is 6.10. The maximum Gasteiger partial charge on any atom is 0.251 e. The van der Waals surface area contributed by atoms with Crippen LogP contribution in [0.4, 0.5) is 0 Å². The number of halogens is 1. The molecule has 0 aromatic heterocycles. The van der Waals surface area contributed by atoms with Crippen LogP contribution in [0.3, 0.4) is 0 Å². The Morgan fingerprint density at radius 2 is 1.84 bits per heavy atom. The summed E-state index contributed by atoms with van der Waals surface area (Å²) in [5.41, 5.74) is 0.749. The van der Waals surface area contributed by atoms with Crippen molar-refractivity contribution < 1.29 is 4.79 Å². The number of amides is 1. The average molecular weight is 372 g/mol. The number of nitrogens with zero attached hydrogens (tertiary/aromatic N) is 1. The molecule has 0 unspecified atom stereocenters. The quantitative estimate of drug-likeness (QED) is 0.637. The first-order valence-corrected chi connectivity index (χ1v) is 8.10. The van der Waals surface area contributed by atoms with Gasteiger partial charge < -0.3 is 10.2 Å². The summed E-state index contributed by atoms with van der Waals surface area (Å²) in [6.07, 6.45) is 5.07. The standard InChI is InChI=1S/C15H21IN2O/c16-14-7-5-13(6-8-14)15(19)17-9-4-12-18-10-2-1-3-11-18/h5-8H,1-4,9-12H2,(H,17,19). The van der Waals surface area contributed by atoms with Crippen molar-refractivity contribution in [2.24, 2.45) is 0 Å². The molecule has 0 bridgehead atoms. The third-order valence-corrected chi connectivity index (χ3v) is 4.21. The molecule has 1 aromatic carbocycles. The molecule has 1 N–H and O–H groups in total. The summed E-state index contributed by atoms with van der Waals surface area (Å²) in [4.78, 5) is 14.4. The van der Waals surface area contributed by atoms with E-state index in [2.05, 4.69) is 32.8 Å². The first kappa shape index (κ1) is 14.8. The van der Waals surface area contributed by atoms with E-state index >= 15 is 0 Å². The molecule has 1 aliphatic heterocycles. The molecule has 1 saturated heterocycles. The summed E-state index contributed by atoms with van der Waals surface area (Å²) in [7, 11) is 0. The van der Waals surface area contributed by atoms with Crippen LogP contribution in [0.25, 0.3) is 0 Å². The fourth-order valence-electron chi connectivity index (χ4n) is 2.39. The van der Waals surface area contributed by atoms with Gasteiger partial charge in [0.2, 0.25) is 0 Å². The molecule has 1 heterocycles. The van der Waals surface area contributed by atoms with Crippen LogP contribution in [0.2, 0.25) is 0 Å². The van der Waals surface area contributed by atoms with Gasteiger partial charge in [-0.1, -0.05) is 6.42 Å². The summed E-state index contributed by atoms with van der Waals surface area (Å²) in [6.45, 7) is 4.32. The molecule has 4 heteroatoms. The molecule has 104 valence electrons. The van der Waals surface area contributed by atoms with Crippen LogP contribution in [0.5, 0.6) is 0 Å². The van der Waals surface area contributed by atoms with Gasteiger partial charge in [-0.15, -0.1) is 0 Å². The van der Waals surface area contributed by atoms with E-state index in [4.69, 9.17) is 0 Å². The molecule has 0 atom stereocenters. The molecule has 3 nitrogen and oxygen atoms in total. The number of hydrogen-bond donors (Lipinski definition) is 1. The Bertz CT molecular complexity index is 399. The summed E-state index contributed by atoms with van der Waals surface area (Å²) in [5, 5.41) is 2.99. The zero-order valence-electron chi connectivity index (χ0n) is 11.2. The van der Waals surface area contributed by atoms with Crippen molar-refractivity contribution in [3.8, 4) is 0 Å². The maximum absolute atomic E-state index is 11.9. The van der Waals surface area contributed by atoms with Crippen molar-refractivity contribution in [2.45, 2.75) is 25.7 Å². The van der Waals surface area contributed by atoms with E-state index in [0.717, 1.165) is 28.6 Å². The van der Waals surface area contributed by atoms with E-state index < -0.39 is 0 Å². The summed E-state index contributed by atoms with van der Waals surface area (Å²) < 4.78 is 1.15. The molecule has 0 radical (unpaired) electrons. The van der Waals surface area contributed by atoms with Gasteiger partial charge in [0.15, 0.2) is 0 Å². The largest absolute Gasteiger partial charge is 0.352 e. The Morgan fingerprint density at radius 1 is 1.16 bits per heavy atom. The molecule has 19 heavy (non-hydrogen) atoms. The van der Waals surface area contributed by atoms with E-state index in [0.29, 0.717) is 0 Å². The first-order chi connectivity index (χ1) is 9.25. The Morgan fingerprint density at radius 3 is 2.53 bits per heavy atom. The van der Waals surface area contributed by atoms with Gasteiger partial charge in [-0.05, 0) is 85.8 Å². The van der Waals surface area contributed by atoms with Gasteiger partial charge in [-0.25, -0.2) is 0 Å². The fraction of sp³-hybridized carbons (Fsp3) is 0.533. The van der Waals surface area contributed by atoms with Gasteiger partial charge >= 0.3 is 0 Å². The lowest BCUT2D eigenvalue weighted by atomic mass is 10.1. The second-order valence-corrected chi connectivity index (χ2v) is 6.26. The average Bonchev–Trinajstić information content (AvgIpc) is 2.45. The topological polar surface area (TPSA) is 32.3 Å². The smallest absolute Gasteiger partial charge is 0.251 e. The molecule has 0 spiro atoms. The number of nitrogens with one attached hydrogen (secondary N) is 1. The summed E-state index contributed by atoms with van der Waals surface area (Å²) in [6, 6.07) is 7.68. The predicted octanol–water partition coefficient (Wildman–Crippen LogP) is 2.90. The molecule has 1 aliphatic rings. The normalized spacial score (nSPS) is 16.3. The minimum atomic E-state index is 0.0371. The van der Waals surface area contributed by atoms with Crippen molar-refractivity contribution in [3.63, 3.8) is 0 Å². The monoisotopic (exact) mass is 372 g/mol. The molecule has 1 fully saturated rings. The number of benzene rings is 1.